The molecule has 1 unspecified atom stereocenters. The van der Waals surface area contributed by atoms with E-state index in [-0.39, 0.29) is 0 Å². The lowest BCUT2D eigenvalue weighted by Crippen LogP contribution is -1.73. The van der Waals surface area contributed by atoms with E-state index in [2.05, 4.69) is 20.9 Å². The number of aromatic nitrogens is 1. The van der Waals surface area contributed by atoms with E-state index in [4.69, 9.17) is 8.76 Å². The molecular formula is C6H7BrNO2S-. The molecule has 0 radical (unpaired) electrons. The van der Waals surface area contributed by atoms with Crippen LogP contribution < -0.4 is 0 Å². The number of halogens is 1. The number of nitrogens with zero attached hydrogens (tertiary/aromatic N) is 1. The molecule has 0 fully saturated rings. The molecule has 11 heavy (non-hydrogen) atoms. The second-order valence-corrected chi connectivity index (χ2v) is 3.29. The minimum absolute atomic E-state index is 1.02. The van der Waals surface area contributed by atoms with Crippen LogP contribution in [-0.2, 0) is 11.1 Å². The summed E-state index contributed by atoms with van der Waals surface area (Å²) >= 11 is 1.39. The first-order valence-corrected chi connectivity index (χ1v) is 4.97. The Kier molecular flexibility index (Phi) is 6.30. The highest BCUT2D eigenvalue weighted by Gasteiger charge is 1.75. The Bertz CT molecular complexity index is 213. The molecule has 0 aliphatic rings. The van der Waals surface area contributed by atoms with Gasteiger partial charge in [0.15, 0.2) is 0 Å². The highest BCUT2D eigenvalue weighted by Crippen LogP contribution is 2.02. The molecule has 0 N–H and O–H groups in total. The zero-order valence-electron chi connectivity index (χ0n) is 5.86. The highest BCUT2D eigenvalue weighted by atomic mass is 79.9. The second kappa shape index (κ2) is 6.45. The lowest BCUT2D eigenvalue weighted by atomic mass is 10.5. The quantitative estimate of drug-likeness (QED) is 0.640. The van der Waals surface area contributed by atoms with Crippen LogP contribution in [0.1, 0.15) is 0 Å². The van der Waals surface area contributed by atoms with Crippen molar-refractivity contribution < 1.29 is 8.76 Å². The molecule has 0 saturated heterocycles. The zero-order valence-corrected chi connectivity index (χ0v) is 8.26. The summed E-state index contributed by atoms with van der Waals surface area (Å²) in [6.45, 7) is 0. The summed E-state index contributed by atoms with van der Waals surface area (Å²) < 4.78 is 19.0. The summed E-state index contributed by atoms with van der Waals surface area (Å²) in [6, 6.07) is 3.82. The molecule has 5 heteroatoms. The van der Waals surface area contributed by atoms with Crippen molar-refractivity contribution in [1.29, 1.82) is 0 Å². The summed E-state index contributed by atoms with van der Waals surface area (Å²) in [7, 11) is 0. The van der Waals surface area contributed by atoms with Crippen LogP contribution in [0.5, 0.6) is 0 Å². The highest BCUT2D eigenvalue weighted by molar-refractivity contribution is 9.10. The molecule has 1 heterocycles. The predicted octanol–water partition coefficient (Wildman–Crippen LogP) is 1.34. The normalized spacial score (nSPS) is 11.2. The van der Waals surface area contributed by atoms with Crippen LogP contribution in [0.2, 0.25) is 0 Å². The maximum atomic E-state index is 9.00. The minimum atomic E-state index is -1.86. The first-order valence-electron chi connectivity index (χ1n) is 2.69. The first-order chi connectivity index (χ1) is 5.13. The van der Waals surface area contributed by atoms with Crippen molar-refractivity contribution in [2.45, 2.75) is 0 Å². The SMILES string of the molecule is Brc1cccnc1.CS(=O)[O-]. The molecule has 0 aromatic carbocycles. The van der Waals surface area contributed by atoms with E-state index in [9.17, 15) is 0 Å². The zero-order chi connectivity index (χ0) is 8.69. The Hall–Kier alpha value is -0.260. The van der Waals surface area contributed by atoms with Gasteiger partial charge in [0.1, 0.15) is 0 Å². The van der Waals surface area contributed by atoms with Gasteiger partial charge in [0, 0.05) is 16.9 Å². The predicted molar refractivity (Wildman–Crippen MR) is 46.8 cm³/mol. The molecule has 3 nitrogen and oxygen atoms in total. The van der Waals surface area contributed by atoms with Crippen molar-refractivity contribution in [3.8, 4) is 0 Å². The van der Waals surface area contributed by atoms with Crippen LogP contribution in [0.3, 0.4) is 0 Å². The van der Waals surface area contributed by atoms with Gasteiger partial charge in [-0.25, -0.2) is 0 Å². The van der Waals surface area contributed by atoms with Crippen LogP contribution in [0.4, 0.5) is 0 Å². The maximum Gasteiger partial charge on any atom is 0.0410 e. The minimum Gasteiger partial charge on any atom is -0.773 e. The topological polar surface area (TPSA) is 53.0 Å². The Morgan fingerprint density at radius 2 is 2.27 bits per heavy atom. The van der Waals surface area contributed by atoms with Crippen LogP contribution in [0, 0.1) is 0 Å². The standard InChI is InChI=1S/C5H4BrN.CH4O2S/c6-5-2-1-3-7-4-5;1-4(2)3/h1-4H;1H3,(H,2,3)/p-1. The van der Waals surface area contributed by atoms with Gasteiger partial charge in [-0.3, -0.25) is 9.19 Å². The van der Waals surface area contributed by atoms with Gasteiger partial charge < -0.3 is 4.55 Å². The summed E-state index contributed by atoms with van der Waals surface area (Å²) in [5, 5.41) is 0. The lowest BCUT2D eigenvalue weighted by Gasteiger charge is -1.85. The number of hydrogen-bond donors (Lipinski definition) is 0. The summed E-state index contributed by atoms with van der Waals surface area (Å²) in [5.74, 6) is 0. The third kappa shape index (κ3) is 9.74. The number of pyridine rings is 1. The third-order valence-corrected chi connectivity index (χ3v) is 1.09. The fraction of sp³-hybridized carbons (Fsp3) is 0.167. The molecule has 0 aliphatic heterocycles. The van der Waals surface area contributed by atoms with Gasteiger partial charge in [0.2, 0.25) is 0 Å². The number of hydrogen-bond acceptors (Lipinski definition) is 3. The average molecular weight is 237 g/mol. The largest absolute Gasteiger partial charge is 0.773 e. The van der Waals surface area contributed by atoms with Crippen molar-refractivity contribution in [1.82, 2.24) is 4.98 Å². The van der Waals surface area contributed by atoms with Gasteiger partial charge in [-0.15, -0.1) is 0 Å². The van der Waals surface area contributed by atoms with Crippen molar-refractivity contribution in [2.75, 3.05) is 6.26 Å². The fourth-order valence-corrected chi connectivity index (χ4v) is 0.613. The molecule has 1 aromatic rings. The molecule has 1 rings (SSSR count). The third-order valence-electron chi connectivity index (χ3n) is 0.625. The van der Waals surface area contributed by atoms with Crippen molar-refractivity contribution in [2.24, 2.45) is 0 Å². The van der Waals surface area contributed by atoms with E-state index in [1.54, 1.807) is 12.4 Å². The van der Waals surface area contributed by atoms with Crippen LogP contribution in [0.15, 0.2) is 29.0 Å². The molecule has 0 amide bonds. The summed E-state index contributed by atoms with van der Waals surface area (Å²) in [6.07, 6.45) is 4.57. The van der Waals surface area contributed by atoms with Gasteiger partial charge in [0.25, 0.3) is 0 Å². The van der Waals surface area contributed by atoms with Crippen LogP contribution >= 0.6 is 15.9 Å². The Labute approximate surface area is 76.3 Å². The van der Waals surface area contributed by atoms with E-state index in [0.29, 0.717) is 0 Å². The van der Waals surface area contributed by atoms with E-state index in [1.807, 2.05) is 12.1 Å². The van der Waals surface area contributed by atoms with E-state index in [0.717, 1.165) is 10.7 Å². The molecular weight excluding hydrogens is 230 g/mol. The number of rotatable bonds is 0. The molecule has 62 valence electrons. The Balaban J connectivity index is 0.000000218. The van der Waals surface area contributed by atoms with E-state index < -0.39 is 11.1 Å². The van der Waals surface area contributed by atoms with E-state index in [1.165, 1.54) is 0 Å². The van der Waals surface area contributed by atoms with Crippen LogP contribution in [-0.4, -0.2) is 20.0 Å². The first kappa shape index (κ1) is 10.7. The smallest absolute Gasteiger partial charge is 0.0410 e. The fourth-order valence-electron chi connectivity index (χ4n) is 0.342. The van der Waals surface area contributed by atoms with Gasteiger partial charge in [-0.05, 0) is 34.3 Å². The molecule has 0 spiro atoms. The van der Waals surface area contributed by atoms with Crippen LogP contribution in [0.25, 0.3) is 0 Å². The van der Waals surface area contributed by atoms with Gasteiger partial charge >= 0.3 is 0 Å². The Morgan fingerprint density at radius 3 is 2.45 bits per heavy atom. The van der Waals surface area contributed by atoms with Crippen molar-refractivity contribution in [3.05, 3.63) is 29.0 Å². The van der Waals surface area contributed by atoms with Gasteiger partial charge in [-0.1, -0.05) is 11.1 Å². The van der Waals surface area contributed by atoms with Gasteiger partial charge in [0.05, 0.1) is 0 Å². The lowest BCUT2D eigenvalue weighted by molar-refractivity contribution is 0.543. The Morgan fingerprint density at radius 1 is 1.73 bits per heavy atom. The maximum absolute atomic E-state index is 9.00. The monoisotopic (exact) mass is 236 g/mol. The molecule has 0 aliphatic carbocycles. The molecule has 1 atom stereocenters. The molecule has 0 saturated carbocycles. The second-order valence-electron chi connectivity index (χ2n) is 1.57. The van der Waals surface area contributed by atoms with E-state index >= 15 is 0 Å². The average Bonchev–Trinajstić information content (AvgIpc) is 1.87. The van der Waals surface area contributed by atoms with Gasteiger partial charge in [-0.2, -0.15) is 0 Å². The molecule has 0 bridgehead atoms. The van der Waals surface area contributed by atoms with Crippen molar-refractivity contribution >= 4 is 27.0 Å². The summed E-state index contributed by atoms with van der Waals surface area (Å²) in [4.78, 5) is 3.84. The van der Waals surface area contributed by atoms with Crippen molar-refractivity contribution in [3.63, 3.8) is 0 Å². The summed E-state index contributed by atoms with van der Waals surface area (Å²) in [5.41, 5.74) is 0. The molecule has 1 aromatic heterocycles.